The van der Waals surface area contributed by atoms with Crippen LogP contribution >= 0.6 is 0 Å². The zero-order valence-corrected chi connectivity index (χ0v) is 11.1. The Kier molecular flexibility index (Phi) is 3.87. The molecule has 1 aromatic carbocycles. The van der Waals surface area contributed by atoms with Crippen LogP contribution in [0.15, 0.2) is 30.5 Å². The van der Waals surface area contributed by atoms with Crippen LogP contribution in [-0.4, -0.2) is 23.4 Å². The minimum Gasteiger partial charge on any atom is -0.497 e. The van der Waals surface area contributed by atoms with Crippen LogP contribution in [0.25, 0.3) is 0 Å². The first kappa shape index (κ1) is 12.5. The maximum absolute atomic E-state index is 5.19. The predicted molar refractivity (Wildman–Crippen MR) is 73.1 cm³/mol. The van der Waals surface area contributed by atoms with E-state index in [1.807, 2.05) is 36.1 Å². The Labute approximate surface area is 108 Å². The average molecular weight is 245 g/mol. The summed E-state index contributed by atoms with van der Waals surface area (Å²) in [7, 11) is 3.65. The molecule has 0 saturated heterocycles. The van der Waals surface area contributed by atoms with Gasteiger partial charge in [-0.25, -0.2) is 0 Å². The maximum atomic E-state index is 5.19. The highest BCUT2D eigenvalue weighted by Gasteiger charge is 2.01. The number of nitrogens with one attached hydrogen (secondary N) is 1. The van der Waals surface area contributed by atoms with E-state index in [4.69, 9.17) is 4.74 Å². The van der Waals surface area contributed by atoms with Gasteiger partial charge in [0.1, 0.15) is 5.75 Å². The Balaban J connectivity index is 1.92. The van der Waals surface area contributed by atoms with Gasteiger partial charge in [-0.1, -0.05) is 0 Å². The summed E-state index contributed by atoms with van der Waals surface area (Å²) in [6.45, 7) is 2.97. The summed E-state index contributed by atoms with van der Waals surface area (Å²) < 4.78 is 7.10. The van der Waals surface area contributed by atoms with Crippen molar-refractivity contribution in [2.24, 2.45) is 7.05 Å². The Morgan fingerprint density at radius 1 is 1.33 bits per heavy atom. The third kappa shape index (κ3) is 2.83. The quantitative estimate of drug-likeness (QED) is 0.879. The van der Waals surface area contributed by atoms with Crippen molar-refractivity contribution in [1.82, 2.24) is 9.78 Å². The second kappa shape index (κ2) is 5.58. The van der Waals surface area contributed by atoms with Crippen molar-refractivity contribution in [2.45, 2.75) is 13.3 Å². The van der Waals surface area contributed by atoms with E-state index in [1.165, 1.54) is 11.3 Å². The van der Waals surface area contributed by atoms with E-state index < -0.39 is 0 Å². The summed E-state index contributed by atoms with van der Waals surface area (Å²) in [4.78, 5) is 0. The monoisotopic (exact) mass is 245 g/mol. The van der Waals surface area contributed by atoms with Crippen LogP contribution in [0.3, 0.4) is 0 Å². The molecule has 0 unspecified atom stereocenters. The van der Waals surface area contributed by atoms with Gasteiger partial charge in [0.05, 0.1) is 7.11 Å². The third-order valence-corrected chi connectivity index (χ3v) is 3.05. The van der Waals surface area contributed by atoms with Crippen molar-refractivity contribution in [3.8, 4) is 5.75 Å². The number of aryl methyl sites for hydroxylation is 2. The van der Waals surface area contributed by atoms with Crippen molar-refractivity contribution in [1.29, 1.82) is 0 Å². The molecule has 0 aliphatic carbocycles. The van der Waals surface area contributed by atoms with Gasteiger partial charge in [-0.05, 0) is 36.8 Å². The van der Waals surface area contributed by atoms with Crippen LogP contribution in [0.5, 0.6) is 5.75 Å². The highest BCUT2D eigenvalue weighted by atomic mass is 16.5. The standard InChI is InChI=1S/C14H19N3O/c1-11-10-13(18-3)4-5-14(11)15-8-6-12-7-9-16-17(12)2/h4-5,7,9-10,15H,6,8H2,1-3H3. The molecule has 0 bridgehead atoms. The molecular weight excluding hydrogens is 226 g/mol. The maximum Gasteiger partial charge on any atom is 0.119 e. The van der Waals surface area contributed by atoms with Crippen LogP contribution in [-0.2, 0) is 13.5 Å². The lowest BCUT2D eigenvalue weighted by atomic mass is 10.2. The van der Waals surface area contributed by atoms with Crippen LogP contribution in [0.1, 0.15) is 11.3 Å². The van der Waals surface area contributed by atoms with Gasteiger partial charge in [0.15, 0.2) is 0 Å². The molecule has 4 nitrogen and oxygen atoms in total. The van der Waals surface area contributed by atoms with Gasteiger partial charge in [-0.3, -0.25) is 4.68 Å². The van der Waals surface area contributed by atoms with Crippen LogP contribution in [0.2, 0.25) is 0 Å². The van der Waals surface area contributed by atoms with Crippen molar-refractivity contribution in [3.05, 3.63) is 41.7 Å². The van der Waals surface area contributed by atoms with Gasteiger partial charge in [0.25, 0.3) is 0 Å². The van der Waals surface area contributed by atoms with Gasteiger partial charge in [-0.15, -0.1) is 0 Å². The molecule has 0 saturated carbocycles. The topological polar surface area (TPSA) is 39.1 Å². The number of ether oxygens (including phenoxy) is 1. The number of anilines is 1. The Hall–Kier alpha value is -1.97. The summed E-state index contributed by atoms with van der Waals surface area (Å²) in [5.41, 5.74) is 3.57. The first-order valence-electron chi connectivity index (χ1n) is 6.06. The lowest BCUT2D eigenvalue weighted by molar-refractivity contribution is 0.414. The largest absolute Gasteiger partial charge is 0.497 e. The number of methoxy groups -OCH3 is 1. The second-order valence-corrected chi connectivity index (χ2v) is 4.30. The zero-order chi connectivity index (χ0) is 13.0. The second-order valence-electron chi connectivity index (χ2n) is 4.30. The van der Waals surface area contributed by atoms with Crippen molar-refractivity contribution >= 4 is 5.69 Å². The fraction of sp³-hybridized carbons (Fsp3) is 0.357. The predicted octanol–water partition coefficient (Wildman–Crippen LogP) is 2.39. The molecule has 0 aliphatic heterocycles. The Bertz CT molecular complexity index is 520. The number of hydrogen-bond acceptors (Lipinski definition) is 3. The lowest BCUT2D eigenvalue weighted by Gasteiger charge is -2.11. The molecule has 18 heavy (non-hydrogen) atoms. The van der Waals surface area contributed by atoms with E-state index in [2.05, 4.69) is 23.4 Å². The molecule has 2 aromatic rings. The smallest absolute Gasteiger partial charge is 0.119 e. The van der Waals surface area contributed by atoms with E-state index in [0.29, 0.717) is 0 Å². The number of nitrogens with zero attached hydrogens (tertiary/aromatic N) is 2. The first-order chi connectivity index (χ1) is 8.70. The summed E-state index contributed by atoms with van der Waals surface area (Å²) in [6, 6.07) is 8.10. The third-order valence-electron chi connectivity index (χ3n) is 3.05. The Morgan fingerprint density at radius 3 is 2.78 bits per heavy atom. The fourth-order valence-electron chi connectivity index (χ4n) is 1.93. The Morgan fingerprint density at radius 2 is 2.17 bits per heavy atom. The van der Waals surface area contributed by atoms with E-state index in [0.717, 1.165) is 24.4 Å². The highest BCUT2D eigenvalue weighted by Crippen LogP contribution is 2.20. The highest BCUT2D eigenvalue weighted by molar-refractivity contribution is 5.53. The van der Waals surface area contributed by atoms with Crippen molar-refractivity contribution < 1.29 is 4.74 Å². The molecule has 96 valence electrons. The molecule has 0 atom stereocenters. The molecule has 4 heteroatoms. The van der Waals surface area contributed by atoms with Gasteiger partial charge in [-0.2, -0.15) is 5.10 Å². The summed E-state index contributed by atoms with van der Waals surface area (Å²) in [6.07, 6.45) is 2.79. The van der Waals surface area contributed by atoms with Gasteiger partial charge in [0.2, 0.25) is 0 Å². The molecular formula is C14H19N3O. The van der Waals surface area contributed by atoms with E-state index in [-0.39, 0.29) is 0 Å². The van der Waals surface area contributed by atoms with E-state index in [1.54, 1.807) is 7.11 Å². The molecule has 1 heterocycles. The van der Waals surface area contributed by atoms with Crippen LogP contribution in [0, 0.1) is 6.92 Å². The minimum atomic E-state index is 0.893. The van der Waals surface area contributed by atoms with Crippen LogP contribution in [0.4, 0.5) is 5.69 Å². The number of rotatable bonds is 5. The summed E-state index contributed by atoms with van der Waals surface area (Å²) in [5.74, 6) is 0.893. The SMILES string of the molecule is COc1ccc(NCCc2ccnn2C)c(C)c1. The normalized spacial score (nSPS) is 10.4. The molecule has 1 N–H and O–H groups in total. The molecule has 0 radical (unpaired) electrons. The molecule has 1 aromatic heterocycles. The number of aromatic nitrogens is 2. The van der Waals surface area contributed by atoms with Gasteiger partial charge >= 0.3 is 0 Å². The molecule has 0 fully saturated rings. The minimum absolute atomic E-state index is 0.893. The van der Waals surface area contributed by atoms with Crippen molar-refractivity contribution in [2.75, 3.05) is 19.0 Å². The molecule has 0 spiro atoms. The number of benzene rings is 1. The molecule has 2 rings (SSSR count). The van der Waals surface area contributed by atoms with E-state index in [9.17, 15) is 0 Å². The first-order valence-corrected chi connectivity index (χ1v) is 6.06. The van der Waals surface area contributed by atoms with Crippen molar-refractivity contribution in [3.63, 3.8) is 0 Å². The number of hydrogen-bond donors (Lipinski definition) is 1. The average Bonchev–Trinajstić information content (AvgIpc) is 2.77. The van der Waals surface area contributed by atoms with Gasteiger partial charge < -0.3 is 10.1 Å². The summed E-state index contributed by atoms with van der Waals surface area (Å²) in [5, 5.41) is 7.59. The molecule has 0 aliphatic rings. The molecule has 0 amide bonds. The fourth-order valence-corrected chi connectivity index (χ4v) is 1.93. The van der Waals surface area contributed by atoms with E-state index >= 15 is 0 Å². The zero-order valence-electron chi connectivity index (χ0n) is 11.1. The lowest BCUT2D eigenvalue weighted by Crippen LogP contribution is -2.09. The van der Waals surface area contributed by atoms with Crippen LogP contribution < -0.4 is 10.1 Å². The summed E-state index contributed by atoms with van der Waals surface area (Å²) >= 11 is 0. The van der Waals surface area contributed by atoms with Gasteiger partial charge in [0, 0.05) is 37.6 Å².